The van der Waals surface area contributed by atoms with Crippen LogP contribution >= 0.6 is 11.3 Å². The molecule has 3 amide bonds. The van der Waals surface area contributed by atoms with Crippen LogP contribution in [0.3, 0.4) is 0 Å². The van der Waals surface area contributed by atoms with Crippen LogP contribution in [0.15, 0.2) is 18.2 Å². The summed E-state index contributed by atoms with van der Waals surface area (Å²) in [7, 11) is 3.17. The number of ether oxygens (including phenoxy) is 2. The summed E-state index contributed by atoms with van der Waals surface area (Å²) in [4.78, 5) is 40.6. The first-order chi connectivity index (χ1) is 16.3. The van der Waals surface area contributed by atoms with E-state index in [1.165, 1.54) is 11.3 Å². The summed E-state index contributed by atoms with van der Waals surface area (Å²) in [6.45, 7) is 3.05. The van der Waals surface area contributed by atoms with E-state index < -0.39 is 11.8 Å². The molecule has 1 aromatic heterocycles. The van der Waals surface area contributed by atoms with Crippen LogP contribution in [0.4, 0.5) is 5.00 Å². The summed E-state index contributed by atoms with van der Waals surface area (Å²) in [5.41, 5.74) is 8.10. The van der Waals surface area contributed by atoms with Crippen molar-refractivity contribution in [2.75, 3.05) is 32.6 Å². The number of thiophene rings is 1. The molecule has 1 aromatic carbocycles. The van der Waals surface area contributed by atoms with Gasteiger partial charge in [0.15, 0.2) is 11.5 Å². The molecule has 0 bridgehead atoms. The molecule has 0 spiro atoms. The lowest BCUT2D eigenvalue weighted by Crippen LogP contribution is -2.30. The predicted molar refractivity (Wildman–Crippen MR) is 131 cm³/mol. The molecule has 2 aliphatic rings. The highest BCUT2D eigenvalue weighted by molar-refractivity contribution is 7.17. The number of amides is 3. The van der Waals surface area contributed by atoms with Crippen molar-refractivity contribution in [1.29, 1.82) is 0 Å². The molecule has 0 radical (unpaired) electrons. The van der Waals surface area contributed by atoms with Crippen LogP contribution in [-0.2, 0) is 28.9 Å². The molecule has 34 heavy (non-hydrogen) atoms. The molecule has 3 N–H and O–H groups in total. The van der Waals surface area contributed by atoms with Crippen LogP contribution in [0, 0.1) is 11.8 Å². The number of carbonyl (C=O) groups is 3. The molecule has 2 aromatic rings. The van der Waals surface area contributed by atoms with Crippen molar-refractivity contribution in [1.82, 2.24) is 4.90 Å². The molecular formula is C25H31N3O5S. The van der Waals surface area contributed by atoms with Gasteiger partial charge in [-0.15, -0.1) is 11.3 Å². The third-order valence-corrected chi connectivity index (χ3v) is 7.87. The second-order valence-corrected chi connectivity index (χ2v) is 10.2. The average Bonchev–Trinajstić information content (AvgIpc) is 3.36. The lowest BCUT2D eigenvalue weighted by molar-refractivity contribution is -0.128. The number of methoxy groups -OCH3 is 2. The Morgan fingerprint density at radius 2 is 1.97 bits per heavy atom. The molecule has 4 rings (SSSR count). The number of anilines is 1. The molecule has 9 heteroatoms. The Bertz CT molecular complexity index is 1110. The van der Waals surface area contributed by atoms with E-state index in [-0.39, 0.29) is 18.2 Å². The van der Waals surface area contributed by atoms with E-state index in [1.54, 1.807) is 19.1 Å². The molecule has 1 aliphatic heterocycles. The number of primary amides is 1. The van der Waals surface area contributed by atoms with E-state index in [4.69, 9.17) is 15.2 Å². The van der Waals surface area contributed by atoms with Gasteiger partial charge in [0.05, 0.1) is 25.7 Å². The molecule has 0 saturated carbocycles. The first-order valence-corrected chi connectivity index (χ1v) is 12.4. The first-order valence-electron chi connectivity index (χ1n) is 11.5. The van der Waals surface area contributed by atoms with Gasteiger partial charge in [-0.05, 0) is 54.9 Å². The number of nitrogens with one attached hydrogen (secondary N) is 1. The molecule has 1 fully saturated rings. The number of hydrogen-bond acceptors (Lipinski definition) is 6. The molecule has 182 valence electrons. The van der Waals surface area contributed by atoms with Gasteiger partial charge in [0, 0.05) is 24.4 Å². The van der Waals surface area contributed by atoms with Gasteiger partial charge >= 0.3 is 0 Å². The van der Waals surface area contributed by atoms with E-state index in [0.717, 1.165) is 35.3 Å². The summed E-state index contributed by atoms with van der Waals surface area (Å²) in [5.74, 6) is 0.579. The van der Waals surface area contributed by atoms with Crippen molar-refractivity contribution < 1.29 is 23.9 Å². The molecule has 2 atom stereocenters. The van der Waals surface area contributed by atoms with Crippen molar-refractivity contribution >= 4 is 34.1 Å². The van der Waals surface area contributed by atoms with Gasteiger partial charge < -0.3 is 25.4 Å². The van der Waals surface area contributed by atoms with Crippen molar-refractivity contribution in [3.05, 3.63) is 39.8 Å². The maximum absolute atomic E-state index is 13.0. The minimum atomic E-state index is -0.513. The summed E-state index contributed by atoms with van der Waals surface area (Å²) in [6, 6.07) is 5.68. The lowest BCUT2D eigenvalue weighted by Gasteiger charge is -2.18. The highest BCUT2D eigenvalue weighted by atomic mass is 32.1. The van der Waals surface area contributed by atoms with Crippen molar-refractivity contribution in [3.8, 4) is 11.5 Å². The van der Waals surface area contributed by atoms with Crippen LogP contribution < -0.4 is 20.5 Å². The van der Waals surface area contributed by atoms with Gasteiger partial charge in [-0.3, -0.25) is 14.4 Å². The van der Waals surface area contributed by atoms with E-state index in [1.807, 2.05) is 18.2 Å². The van der Waals surface area contributed by atoms with Crippen LogP contribution in [0.2, 0.25) is 0 Å². The monoisotopic (exact) mass is 485 g/mol. The van der Waals surface area contributed by atoms with Crippen LogP contribution in [0.1, 0.15) is 46.1 Å². The summed E-state index contributed by atoms with van der Waals surface area (Å²) < 4.78 is 10.6. The Balaban J connectivity index is 1.40. The quantitative estimate of drug-likeness (QED) is 0.597. The zero-order valence-corrected chi connectivity index (χ0v) is 20.6. The largest absolute Gasteiger partial charge is 0.493 e. The Morgan fingerprint density at radius 3 is 2.68 bits per heavy atom. The van der Waals surface area contributed by atoms with E-state index in [2.05, 4.69) is 12.2 Å². The van der Waals surface area contributed by atoms with Crippen LogP contribution in [-0.4, -0.2) is 49.9 Å². The second-order valence-electron chi connectivity index (χ2n) is 9.09. The van der Waals surface area contributed by atoms with E-state index in [0.29, 0.717) is 47.5 Å². The number of hydrogen-bond donors (Lipinski definition) is 2. The summed E-state index contributed by atoms with van der Waals surface area (Å²) in [6.07, 6.45) is 3.49. The highest BCUT2D eigenvalue weighted by Gasteiger charge is 2.35. The van der Waals surface area contributed by atoms with Gasteiger partial charge in [-0.1, -0.05) is 13.0 Å². The number of fused-ring (bicyclic) bond motifs is 1. The molecule has 2 heterocycles. The first kappa shape index (κ1) is 24.1. The third kappa shape index (κ3) is 4.89. The Kier molecular flexibility index (Phi) is 7.11. The molecule has 1 aliphatic carbocycles. The standard InChI is InChI=1S/C25H31N3O5S/c1-14-4-6-17-20(10-14)34-25(22(17)23(26)30)27-24(31)16-12-21(29)28(13-16)9-8-15-5-7-18(32-2)19(11-15)33-3/h5,7,11,14,16H,4,6,8-10,12-13H2,1-3H3,(H2,26,30)(H,27,31)/t14-,16+/m1/s1. The number of rotatable bonds is 8. The fraction of sp³-hybridized carbons (Fsp3) is 0.480. The average molecular weight is 486 g/mol. The number of likely N-dealkylation sites (tertiary alicyclic amines) is 1. The maximum atomic E-state index is 13.0. The minimum Gasteiger partial charge on any atom is -0.493 e. The van der Waals surface area contributed by atoms with E-state index in [9.17, 15) is 14.4 Å². The minimum absolute atomic E-state index is 0.0462. The van der Waals surface area contributed by atoms with Gasteiger partial charge in [-0.2, -0.15) is 0 Å². The molecule has 8 nitrogen and oxygen atoms in total. The van der Waals surface area contributed by atoms with Crippen molar-refractivity contribution in [2.45, 2.75) is 39.0 Å². The number of nitrogens with zero attached hydrogens (tertiary/aromatic N) is 1. The zero-order valence-electron chi connectivity index (χ0n) is 19.8. The summed E-state index contributed by atoms with van der Waals surface area (Å²) in [5, 5.41) is 3.44. The van der Waals surface area contributed by atoms with Gasteiger partial charge in [-0.25, -0.2) is 0 Å². The highest BCUT2D eigenvalue weighted by Crippen LogP contribution is 2.40. The normalized spacial score (nSPS) is 19.6. The number of benzene rings is 1. The Labute approximate surface area is 203 Å². The smallest absolute Gasteiger partial charge is 0.251 e. The molecular weight excluding hydrogens is 454 g/mol. The summed E-state index contributed by atoms with van der Waals surface area (Å²) >= 11 is 1.44. The van der Waals surface area contributed by atoms with Crippen LogP contribution in [0.5, 0.6) is 11.5 Å². The Morgan fingerprint density at radius 1 is 1.21 bits per heavy atom. The van der Waals surface area contributed by atoms with Gasteiger partial charge in [0.1, 0.15) is 5.00 Å². The molecule has 0 unspecified atom stereocenters. The lowest BCUT2D eigenvalue weighted by atomic mass is 9.88. The van der Waals surface area contributed by atoms with Gasteiger partial charge in [0.25, 0.3) is 5.91 Å². The zero-order chi connectivity index (χ0) is 24.4. The van der Waals surface area contributed by atoms with Gasteiger partial charge in [0.2, 0.25) is 11.8 Å². The van der Waals surface area contributed by atoms with Crippen LogP contribution in [0.25, 0.3) is 0 Å². The second kappa shape index (κ2) is 10.0. The Hall–Kier alpha value is -3.07. The van der Waals surface area contributed by atoms with Crippen molar-refractivity contribution in [2.24, 2.45) is 17.6 Å². The molecule has 1 saturated heterocycles. The predicted octanol–water partition coefficient (Wildman–Crippen LogP) is 3.02. The van der Waals surface area contributed by atoms with Crippen molar-refractivity contribution in [3.63, 3.8) is 0 Å². The maximum Gasteiger partial charge on any atom is 0.251 e. The number of carbonyl (C=O) groups excluding carboxylic acids is 3. The SMILES string of the molecule is COc1ccc(CCN2C[C@@H](C(=O)Nc3sc4c(c3C(N)=O)CC[C@@H](C)C4)CC2=O)cc1OC. The number of nitrogens with two attached hydrogens (primary N) is 1. The van der Waals surface area contributed by atoms with E-state index >= 15 is 0 Å². The third-order valence-electron chi connectivity index (χ3n) is 6.70. The fourth-order valence-corrected chi connectivity index (χ4v) is 6.20. The topological polar surface area (TPSA) is 111 Å². The fourth-order valence-electron chi connectivity index (χ4n) is 4.78.